The Hall–Kier alpha value is -3.51. The fourth-order valence-corrected chi connectivity index (χ4v) is 6.99. The van der Waals surface area contributed by atoms with Gasteiger partial charge in [-0.2, -0.15) is 13.2 Å². The van der Waals surface area contributed by atoms with Gasteiger partial charge in [0.25, 0.3) is 0 Å². The summed E-state index contributed by atoms with van der Waals surface area (Å²) in [5, 5.41) is 2.98. The number of amides is 3. The summed E-state index contributed by atoms with van der Waals surface area (Å²) in [6, 6.07) is 10.4. The van der Waals surface area contributed by atoms with Crippen molar-refractivity contribution in [3.63, 3.8) is 0 Å². The second kappa shape index (κ2) is 11.9. The number of halogens is 3. The van der Waals surface area contributed by atoms with Crippen molar-refractivity contribution in [2.24, 2.45) is 16.3 Å². The minimum atomic E-state index is -4.52. The van der Waals surface area contributed by atoms with Crippen LogP contribution in [0.2, 0.25) is 0 Å². The third kappa shape index (κ3) is 5.99. The zero-order chi connectivity index (χ0) is 30.2. The first kappa shape index (κ1) is 29.6. The lowest BCUT2D eigenvalue weighted by Gasteiger charge is -2.36. The first-order valence-corrected chi connectivity index (χ1v) is 14.7. The molecule has 2 aromatic rings. The molecule has 1 saturated carbocycles. The van der Waals surface area contributed by atoms with Gasteiger partial charge in [-0.3, -0.25) is 14.8 Å². The maximum atomic E-state index is 14.4. The molecule has 3 fully saturated rings. The van der Waals surface area contributed by atoms with Gasteiger partial charge in [0.05, 0.1) is 23.6 Å². The van der Waals surface area contributed by atoms with Crippen molar-refractivity contribution in [2.45, 2.75) is 57.1 Å². The maximum absolute atomic E-state index is 14.4. The number of fused-ring (bicyclic) bond motifs is 2. The molecule has 9 nitrogen and oxygen atoms in total. The van der Waals surface area contributed by atoms with Crippen molar-refractivity contribution < 1.29 is 32.2 Å². The van der Waals surface area contributed by atoms with E-state index in [-0.39, 0.29) is 43.1 Å². The van der Waals surface area contributed by atoms with Crippen LogP contribution in [0.1, 0.15) is 41.6 Å². The van der Waals surface area contributed by atoms with E-state index in [0.717, 1.165) is 30.0 Å². The molecule has 0 radical (unpaired) electrons. The van der Waals surface area contributed by atoms with Crippen LogP contribution in [0.15, 0.2) is 47.6 Å². The minimum absolute atomic E-state index is 0.0535. The average Bonchev–Trinajstić information content (AvgIpc) is 3.54. The zero-order valence-electron chi connectivity index (χ0n) is 24.1. The summed E-state index contributed by atoms with van der Waals surface area (Å²) in [5.41, 5.74) is 1.17. The van der Waals surface area contributed by atoms with Crippen molar-refractivity contribution in [3.8, 4) is 0 Å². The van der Waals surface area contributed by atoms with Gasteiger partial charge in [-0.15, -0.1) is 0 Å². The molecule has 0 spiro atoms. The number of pyridine rings is 1. The van der Waals surface area contributed by atoms with Crippen LogP contribution in [-0.2, 0) is 40.0 Å². The zero-order valence-corrected chi connectivity index (χ0v) is 24.1. The van der Waals surface area contributed by atoms with Crippen LogP contribution in [0.5, 0.6) is 0 Å². The van der Waals surface area contributed by atoms with Gasteiger partial charge in [0.2, 0.25) is 5.91 Å². The number of nitrogens with zero attached hydrogens (tertiary/aromatic N) is 4. The van der Waals surface area contributed by atoms with Crippen LogP contribution in [0, 0.1) is 11.3 Å². The number of alkyl halides is 3. The second-order valence-electron chi connectivity index (χ2n) is 12.0. The van der Waals surface area contributed by atoms with E-state index in [2.05, 4.69) is 10.3 Å². The average molecular weight is 600 g/mol. The van der Waals surface area contributed by atoms with Crippen LogP contribution in [0.25, 0.3) is 0 Å². The standard InChI is InChI=1S/C31H36F3N5O4/c1-42-27-18-43-10-8-26(27)37-24-12-23-17-39(29(41)36-14-20-5-3-2-4-6-20)19-30(23,13-24)28(40)38-9-7-25-21(16-38)11-22(15-35-25)31(32,33)34/h2-6,11,15,23,26-27H,7-10,12-14,16-19H2,1H3,(H,36,41)/t23-,26?,27?,30-/m0/s1. The molecule has 3 amide bonds. The quantitative estimate of drug-likeness (QED) is 0.564. The van der Waals surface area contributed by atoms with E-state index in [1.165, 1.54) is 0 Å². The number of aromatic nitrogens is 1. The van der Waals surface area contributed by atoms with Crippen LogP contribution >= 0.6 is 0 Å². The summed E-state index contributed by atoms with van der Waals surface area (Å²) < 4.78 is 51.4. The number of benzene rings is 1. The molecule has 230 valence electrons. The van der Waals surface area contributed by atoms with Crippen LogP contribution in [-0.4, -0.2) is 84.5 Å². The molecule has 1 N–H and O–H groups in total. The number of methoxy groups -OCH3 is 1. The Morgan fingerprint density at radius 1 is 1.23 bits per heavy atom. The lowest BCUT2D eigenvalue weighted by molar-refractivity contribution is -0.143. The van der Waals surface area contributed by atoms with Gasteiger partial charge in [-0.1, -0.05) is 30.3 Å². The lowest BCUT2D eigenvalue weighted by atomic mass is 9.78. The Kier molecular flexibility index (Phi) is 8.16. The van der Waals surface area contributed by atoms with Gasteiger partial charge in [0.15, 0.2) is 0 Å². The van der Waals surface area contributed by atoms with Gasteiger partial charge in [0.1, 0.15) is 6.10 Å². The topological polar surface area (TPSA) is 96.4 Å². The molecule has 0 bridgehead atoms. The molecule has 3 aliphatic heterocycles. The molecule has 6 rings (SSSR count). The van der Waals surface area contributed by atoms with Crippen LogP contribution in [0.4, 0.5) is 18.0 Å². The van der Waals surface area contributed by atoms with Crippen molar-refractivity contribution in [3.05, 3.63) is 65.0 Å². The smallest absolute Gasteiger partial charge is 0.379 e. The Bertz CT molecular complexity index is 1390. The Morgan fingerprint density at radius 2 is 2.05 bits per heavy atom. The number of rotatable bonds is 5. The summed E-state index contributed by atoms with van der Waals surface area (Å²) in [6.45, 7) is 2.45. The molecular weight excluding hydrogens is 563 g/mol. The van der Waals surface area contributed by atoms with Crippen molar-refractivity contribution >= 4 is 17.6 Å². The predicted octanol–water partition coefficient (Wildman–Crippen LogP) is 3.85. The van der Waals surface area contributed by atoms with E-state index < -0.39 is 17.2 Å². The highest BCUT2D eigenvalue weighted by atomic mass is 19.4. The van der Waals surface area contributed by atoms with E-state index in [0.29, 0.717) is 63.4 Å². The van der Waals surface area contributed by atoms with E-state index in [1.807, 2.05) is 30.3 Å². The molecule has 1 aromatic carbocycles. The summed E-state index contributed by atoms with van der Waals surface area (Å²) in [7, 11) is 1.64. The SMILES string of the molecule is COC1COCCC1N=C1C[C@H]2CN(C(=O)NCc3ccccc3)C[C@@]2(C(=O)N2CCc3ncc(C(F)(F)F)cc3C2)C1. The van der Waals surface area contributed by atoms with Gasteiger partial charge in [-0.05, 0) is 36.0 Å². The van der Waals surface area contributed by atoms with Crippen LogP contribution < -0.4 is 5.32 Å². The lowest BCUT2D eigenvalue weighted by Crippen LogP contribution is -2.49. The Balaban J connectivity index is 1.24. The third-order valence-corrected chi connectivity index (χ3v) is 9.27. The molecule has 1 aromatic heterocycles. The predicted molar refractivity (Wildman–Crippen MR) is 151 cm³/mol. The summed E-state index contributed by atoms with van der Waals surface area (Å²) in [5.74, 6) is -0.289. The molecule has 4 aliphatic rings. The van der Waals surface area contributed by atoms with E-state index >= 15 is 0 Å². The molecule has 1 aliphatic carbocycles. The number of likely N-dealkylation sites (tertiary alicyclic amines) is 1. The molecule has 2 saturated heterocycles. The molecule has 4 heterocycles. The second-order valence-corrected chi connectivity index (χ2v) is 12.0. The normalized spacial score (nSPS) is 28.1. The number of ether oxygens (including phenoxy) is 2. The highest BCUT2D eigenvalue weighted by Gasteiger charge is 2.59. The Morgan fingerprint density at radius 3 is 2.81 bits per heavy atom. The number of carbonyl (C=O) groups excluding carboxylic acids is 2. The first-order valence-electron chi connectivity index (χ1n) is 14.7. The molecule has 2 unspecified atom stereocenters. The van der Waals surface area contributed by atoms with Crippen molar-refractivity contribution in [2.75, 3.05) is 40.0 Å². The number of aliphatic imine (C=N–C) groups is 1. The van der Waals surface area contributed by atoms with E-state index in [1.54, 1.807) is 16.9 Å². The number of carbonyl (C=O) groups is 2. The molecular formula is C31H36F3N5O4. The van der Waals surface area contributed by atoms with Crippen LogP contribution in [0.3, 0.4) is 0 Å². The van der Waals surface area contributed by atoms with Gasteiger partial charge >= 0.3 is 12.2 Å². The first-order chi connectivity index (χ1) is 20.7. The van der Waals surface area contributed by atoms with E-state index in [9.17, 15) is 22.8 Å². The maximum Gasteiger partial charge on any atom is 0.417 e. The van der Waals surface area contributed by atoms with Gasteiger partial charge in [0, 0.05) is 76.9 Å². The summed E-state index contributed by atoms with van der Waals surface area (Å²) in [6.07, 6.45) is -1.75. The fourth-order valence-electron chi connectivity index (χ4n) is 6.99. The van der Waals surface area contributed by atoms with Gasteiger partial charge < -0.3 is 24.6 Å². The highest BCUT2D eigenvalue weighted by Crippen LogP contribution is 2.49. The highest BCUT2D eigenvalue weighted by molar-refractivity contribution is 5.98. The molecule has 12 heteroatoms. The number of hydrogen-bond donors (Lipinski definition) is 1. The van der Waals surface area contributed by atoms with Gasteiger partial charge in [-0.25, -0.2) is 4.79 Å². The number of hydrogen-bond acceptors (Lipinski definition) is 6. The summed E-state index contributed by atoms with van der Waals surface area (Å²) >= 11 is 0. The monoisotopic (exact) mass is 599 g/mol. The fraction of sp³-hybridized carbons (Fsp3) is 0.548. The van der Waals surface area contributed by atoms with Crippen molar-refractivity contribution in [1.29, 1.82) is 0 Å². The van der Waals surface area contributed by atoms with E-state index in [4.69, 9.17) is 14.5 Å². The summed E-state index contributed by atoms with van der Waals surface area (Å²) in [4.78, 5) is 40.2. The minimum Gasteiger partial charge on any atom is -0.379 e. The Labute approximate surface area is 248 Å². The third-order valence-electron chi connectivity index (χ3n) is 9.27. The molecule has 43 heavy (non-hydrogen) atoms. The number of urea groups is 1. The largest absolute Gasteiger partial charge is 0.417 e. The van der Waals surface area contributed by atoms with Crippen molar-refractivity contribution in [1.82, 2.24) is 20.1 Å². The number of nitrogens with one attached hydrogen (secondary N) is 1. The molecule has 4 atom stereocenters.